The monoisotopic (exact) mass is 422 g/mol. The Morgan fingerprint density at radius 1 is 1.06 bits per heavy atom. The molecule has 0 spiro atoms. The van der Waals surface area contributed by atoms with Crippen LogP contribution >= 0.6 is 0 Å². The zero-order chi connectivity index (χ0) is 22.8. The molecule has 0 bridgehead atoms. The highest BCUT2D eigenvalue weighted by atomic mass is 16.6. The summed E-state index contributed by atoms with van der Waals surface area (Å²) in [5.41, 5.74) is 2.04. The van der Waals surface area contributed by atoms with Crippen LogP contribution in [0.3, 0.4) is 0 Å². The summed E-state index contributed by atoms with van der Waals surface area (Å²) in [5, 5.41) is 13.2. The van der Waals surface area contributed by atoms with Crippen LogP contribution in [0, 0.1) is 0 Å². The number of hydrogen-bond donors (Lipinski definition) is 2. The van der Waals surface area contributed by atoms with Gasteiger partial charge in [-0.15, -0.1) is 0 Å². The van der Waals surface area contributed by atoms with Crippen molar-refractivity contribution in [3.8, 4) is 0 Å². The van der Waals surface area contributed by atoms with Crippen LogP contribution in [0.2, 0.25) is 0 Å². The summed E-state index contributed by atoms with van der Waals surface area (Å²) in [6.07, 6.45) is 0.264. The van der Waals surface area contributed by atoms with Crippen LogP contribution in [0.15, 0.2) is 54.7 Å². The van der Waals surface area contributed by atoms with Gasteiger partial charge in [-0.2, -0.15) is 0 Å². The second kappa shape index (κ2) is 8.63. The molecule has 1 amide bonds. The number of nitrogens with zero attached hydrogens (tertiary/aromatic N) is 1. The van der Waals surface area contributed by atoms with E-state index in [1.807, 2.05) is 12.1 Å². The SMILES string of the molecule is CC(=O)c1ccc(C(Cc2cn(C(=O)O)c3ccccc23)NC(=O)OC(C)(C)C)cc1. The molecule has 2 aromatic carbocycles. The average Bonchev–Trinajstić information content (AvgIpc) is 3.05. The number of para-hydroxylation sites is 1. The van der Waals surface area contributed by atoms with Crippen LogP contribution in [0.4, 0.5) is 9.59 Å². The van der Waals surface area contributed by atoms with E-state index in [2.05, 4.69) is 5.32 Å². The molecule has 1 aromatic heterocycles. The van der Waals surface area contributed by atoms with Gasteiger partial charge in [0.2, 0.25) is 0 Å². The van der Waals surface area contributed by atoms with Gasteiger partial charge in [-0.1, -0.05) is 42.5 Å². The zero-order valence-corrected chi connectivity index (χ0v) is 18.0. The van der Waals surface area contributed by atoms with Crippen molar-refractivity contribution in [2.75, 3.05) is 0 Å². The normalized spacial score (nSPS) is 12.4. The maximum atomic E-state index is 12.5. The molecule has 1 unspecified atom stereocenters. The number of nitrogens with one attached hydrogen (secondary N) is 1. The third-order valence-electron chi connectivity index (χ3n) is 4.84. The number of benzene rings is 2. The van der Waals surface area contributed by atoms with Crippen molar-refractivity contribution in [3.05, 3.63) is 71.4 Å². The molecule has 0 aliphatic rings. The molecular weight excluding hydrogens is 396 g/mol. The maximum absolute atomic E-state index is 12.5. The number of aromatic nitrogens is 1. The Morgan fingerprint density at radius 3 is 2.29 bits per heavy atom. The number of alkyl carbamates (subject to hydrolysis) is 1. The molecule has 3 aromatic rings. The molecule has 2 N–H and O–H groups in total. The van der Waals surface area contributed by atoms with Crippen molar-refractivity contribution in [1.82, 2.24) is 9.88 Å². The van der Waals surface area contributed by atoms with Crippen molar-refractivity contribution in [2.45, 2.75) is 45.8 Å². The minimum Gasteiger partial charge on any atom is -0.464 e. The number of hydrogen-bond acceptors (Lipinski definition) is 4. The molecule has 162 valence electrons. The molecule has 7 nitrogen and oxygen atoms in total. The van der Waals surface area contributed by atoms with Gasteiger partial charge in [0.1, 0.15) is 5.60 Å². The molecule has 0 saturated carbocycles. The van der Waals surface area contributed by atoms with Crippen molar-refractivity contribution in [2.24, 2.45) is 0 Å². The van der Waals surface area contributed by atoms with E-state index in [1.165, 1.54) is 11.5 Å². The Hall–Kier alpha value is -3.61. The van der Waals surface area contributed by atoms with Crippen LogP contribution in [0.5, 0.6) is 0 Å². The average molecular weight is 422 g/mol. The Labute approximate surface area is 180 Å². The highest BCUT2D eigenvalue weighted by Gasteiger charge is 2.23. The molecule has 31 heavy (non-hydrogen) atoms. The molecule has 1 heterocycles. The number of carboxylic acid groups (broad SMARTS) is 1. The lowest BCUT2D eigenvalue weighted by Crippen LogP contribution is -2.35. The van der Waals surface area contributed by atoms with Gasteiger partial charge >= 0.3 is 12.2 Å². The zero-order valence-electron chi connectivity index (χ0n) is 18.0. The Balaban J connectivity index is 1.98. The first-order valence-corrected chi connectivity index (χ1v) is 9.98. The third-order valence-corrected chi connectivity index (χ3v) is 4.84. The van der Waals surface area contributed by atoms with Crippen molar-refractivity contribution < 1.29 is 24.2 Å². The lowest BCUT2D eigenvalue weighted by molar-refractivity contribution is 0.0503. The predicted octanol–water partition coefficient (Wildman–Crippen LogP) is 5.18. The van der Waals surface area contributed by atoms with E-state index in [0.717, 1.165) is 16.5 Å². The number of carbonyl (C=O) groups is 3. The van der Waals surface area contributed by atoms with Crippen LogP contribution in [-0.2, 0) is 11.2 Å². The van der Waals surface area contributed by atoms with Crippen molar-refractivity contribution in [3.63, 3.8) is 0 Å². The lowest BCUT2D eigenvalue weighted by atomic mass is 9.97. The van der Waals surface area contributed by atoms with Crippen LogP contribution in [0.25, 0.3) is 10.9 Å². The summed E-state index contributed by atoms with van der Waals surface area (Å²) in [6.45, 7) is 6.84. The van der Waals surface area contributed by atoms with E-state index in [9.17, 15) is 19.5 Å². The number of amides is 1. The molecule has 1 atom stereocenters. The standard InChI is InChI=1S/C24H26N2O5/c1-15(27)16-9-11-17(12-10-16)20(25-22(28)31-24(2,3)4)13-18-14-26(23(29)30)21-8-6-5-7-19(18)21/h5-12,14,20H,13H2,1-4H3,(H,25,28)(H,29,30). The number of carbonyl (C=O) groups excluding carboxylic acids is 2. The Morgan fingerprint density at radius 2 is 1.71 bits per heavy atom. The van der Waals surface area contributed by atoms with E-state index in [4.69, 9.17) is 4.74 Å². The van der Waals surface area contributed by atoms with Crippen LogP contribution in [0.1, 0.15) is 55.2 Å². The molecule has 0 saturated heterocycles. The smallest absolute Gasteiger partial charge is 0.416 e. The lowest BCUT2D eigenvalue weighted by Gasteiger charge is -2.24. The number of ketones is 1. The summed E-state index contributed by atoms with van der Waals surface area (Å²) < 4.78 is 6.59. The fourth-order valence-corrected chi connectivity index (χ4v) is 3.44. The van der Waals surface area contributed by atoms with E-state index in [-0.39, 0.29) is 5.78 Å². The summed E-state index contributed by atoms with van der Waals surface area (Å²) in [5.74, 6) is -0.0484. The van der Waals surface area contributed by atoms with E-state index in [0.29, 0.717) is 17.5 Å². The fourth-order valence-electron chi connectivity index (χ4n) is 3.44. The molecular formula is C24H26N2O5. The summed E-state index contributed by atoms with van der Waals surface area (Å²) >= 11 is 0. The van der Waals surface area contributed by atoms with Gasteiger partial charge in [-0.25, -0.2) is 9.59 Å². The van der Waals surface area contributed by atoms with Gasteiger partial charge in [-0.3, -0.25) is 9.36 Å². The maximum Gasteiger partial charge on any atom is 0.416 e. The second-order valence-electron chi connectivity index (χ2n) is 8.41. The highest BCUT2D eigenvalue weighted by Crippen LogP contribution is 2.27. The molecule has 0 aliphatic carbocycles. The van der Waals surface area contributed by atoms with Crippen molar-refractivity contribution >= 4 is 28.9 Å². The number of Topliss-reactive ketones (excluding diaryl/α,β-unsaturated/α-hetero) is 1. The number of rotatable bonds is 5. The molecule has 0 aliphatic heterocycles. The van der Waals surface area contributed by atoms with Gasteiger partial charge in [0.25, 0.3) is 0 Å². The van der Waals surface area contributed by atoms with Crippen LogP contribution < -0.4 is 5.32 Å². The minimum atomic E-state index is -1.08. The Bertz CT molecular complexity index is 1120. The quantitative estimate of drug-likeness (QED) is 0.552. The molecule has 7 heteroatoms. The Kier molecular flexibility index (Phi) is 6.15. The van der Waals surface area contributed by atoms with E-state index >= 15 is 0 Å². The minimum absolute atomic E-state index is 0.0484. The van der Waals surface area contributed by atoms with Gasteiger partial charge < -0.3 is 15.2 Å². The van der Waals surface area contributed by atoms with Gasteiger partial charge in [-0.05, 0) is 51.3 Å². The summed E-state index contributed by atoms with van der Waals surface area (Å²) in [7, 11) is 0. The first-order chi connectivity index (χ1) is 14.5. The van der Waals surface area contributed by atoms with Crippen LogP contribution in [-0.4, -0.2) is 33.2 Å². The third kappa shape index (κ3) is 5.31. The number of ether oxygens (including phenoxy) is 1. The highest BCUT2D eigenvalue weighted by molar-refractivity contribution is 5.94. The molecule has 0 radical (unpaired) electrons. The molecule has 3 rings (SSSR count). The molecule has 0 fully saturated rings. The topological polar surface area (TPSA) is 97.6 Å². The fraction of sp³-hybridized carbons (Fsp3) is 0.292. The number of fused-ring (bicyclic) bond motifs is 1. The van der Waals surface area contributed by atoms with E-state index in [1.54, 1.807) is 63.4 Å². The van der Waals surface area contributed by atoms with Gasteiger partial charge in [0.15, 0.2) is 5.78 Å². The largest absolute Gasteiger partial charge is 0.464 e. The second-order valence-corrected chi connectivity index (χ2v) is 8.41. The first-order valence-electron chi connectivity index (χ1n) is 9.98. The van der Waals surface area contributed by atoms with Gasteiger partial charge in [0, 0.05) is 17.1 Å². The van der Waals surface area contributed by atoms with E-state index < -0.39 is 23.8 Å². The van der Waals surface area contributed by atoms with Gasteiger partial charge in [0.05, 0.1) is 11.6 Å². The summed E-state index contributed by atoms with van der Waals surface area (Å²) in [6, 6.07) is 13.7. The predicted molar refractivity (Wildman–Crippen MR) is 118 cm³/mol. The first kappa shape index (κ1) is 22.1. The summed E-state index contributed by atoms with van der Waals surface area (Å²) in [4.78, 5) is 35.8. The van der Waals surface area contributed by atoms with Crippen molar-refractivity contribution in [1.29, 1.82) is 0 Å².